The lowest BCUT2D eigenvalue weighted by Gasteiger charge is -2.07. The van der Waals surface area contributed by atoms with Gasteiger partial charge in [-0.1, -0.05) is 11.3 Å². The topological polar surface area (TPSA) is 71.3 Å². The molecule has 1 aliphatic rings. The molecular weight excluding hydrogens is 368 g/mol. The van der Waals surface area contributed by atoms with Gasteiger partial charge in [-0.2, -0.15) is 4.99 Å². The van der Waals surface area contributed by atoms with Crippen LogP contribution >= 0.6 is 11.3 Å². The zero-order chi connectivity index (χ0) is 19.0. The summed E-state index contributed by atoms with van der Waals surface area (Å²) in [7, 11) is 3.07. The normalized spacial score (nSPS) is 13.2. The lowest BCUT2D eigenvalue weighted by atomic mass is 10.2. The monoisotopic (exact) mass is 386 g/mol. The van der Waals surface area contributed by atoms with Crippen LogP contribution in [0.4, 0.5) is 0 Å². The molecule has 7 nitrogen and oxygen atoms in total. The van der Waals surface area contributed by atoms with Gasteiger partial charge in [0.25, 0.3) is 5.91 Å². The predicted octanol–water partition coefficient (Wildman–Crippen LogP) is 3.21. The number of nitrogens with zero attached hydrogens (tertiary/aromatic N) is 2. The van der Waals surface area contributed by atoms with E-state index in [0.29, 0.717) is 39.9 Å². The molecule has 0 aliphatic carbocycles. The van der Waals surface area contributed by atoms with Crippen molar-refractivity contribution in [3.63, 3.8) is 0 Å². The first kappa shape index (κ1) is 17.4. The Labute approximate surface area is 159 Å². The fraction of sp³-hybridized carbons (Fsp3) is 0.263. The number of carbonyl (C=O) groups excluding carboxylic acids is 1. The van der Waals surface area contributed by atoms with Crippen molar-refractivity contribution < 1.29 is 23.7 Å². The molecule has 3 aromatic rings. The smallest absolute Gasteiger partial charge is 0.283 e. The largest absolute Gasteiger partial charge is 0.497 e. The van der Waals surface area contributed by atoms with Gasteiger partial charge >= 0.3 is 0 Å². The Bertz CT molecular complexity index is 1100. The highest BCUT2D eigenvalue weighted by Gasteiger charge is 2.18. The molecule has 2 heterocycles. The molecule has 0 spiro atoms. The van der Waals surface area contributed by atoms with Crippen molar-refractivity contribution in [1.29, 1.82) is 0 Å². The van der Waals surface area contributed by atoms with E-state index >= 15 is 0 Å². The van der Waals surface area contributed by atoms with Crippen molar-refractivity contribution in [3.05, 3.63) is 40.7 Å². The van der Waals surface area contributed by atoms with Gasteiger partial charge in [-0.05, 0) is 25.1 Å². The zero-order valence-electron chi connectivity index (χ0n) is 15.1. The van der Waals surface area contributed by atoms with Gasteiger partial charge in [0.1, 0.15) is 11.5 Å². The first-order valence-corrected chi connectivity index (χ1v) is 9.20. The number of aromatic nitrogens is 1. The average Bonchev–Trinajstić information content (AvgIpc) is 3.28. The molecule has 1 aromatic heterocycles. The maximum absolute atomic E-state index is 12.8. The number of benzene rings is 2. The third kappa shape index (κ3) is 3.02. The Balaban J connectivity index is 1.84. The van der Waals surface area contributed by atoms with Crippen molar-refractivity contribution >= 4 is 27.5 Å². The van der Waals surface area contributed by atoms with Crippen LogP contribution in [0, 0.1) is 0 Å². The van der Waals surface area contributed by atoms with Crippen molar-refractivity contribution in [1.82, 2.24) is 4.57 Å². The fourth-order valence-corrected chi connectivity index (χ4v) is 4.08. The number of hydrogen-bond donors (Lipinski definition) is 0. The molecular formula is C19H18N2O5S. The molecule has 0 N–H and O–H groups in total. The van der Waals surface area contributed by atoms with Gasteiger partial charge in [-0.15, -0.1) is 0 Å². The van der Waals surface area contributed by atoms with Crippen molar-refractivity contribution in [3.8, 4) is 23.0 Å². The molecule has 0 atom stereocenters. The number of aryl methyl sites for hydroxylation is 1. The first-order chi connectivity index (χ1) is 13.1. The second-order valence-corrected chi connectivity index (χ2v) is 6.79. The van der Waals surface area contributed by atoms with Gasteiger partial charge in [-0.3, -0.25) is 4.79 Å². The second-order valence-electron chi connectivity index (χ2n) is 5.79. The Morgan fingerprint density at radius 1 is 1.19 bits per heavy atom. The number of methoxy groups -OCH3 is 2. The number of ether oxygens (including phenoxy) is 4. The summed E-state index contributed by atoms with van der Waals surface area (Å²) in [6.07, 6.45) is 0. The SMILES string of the molecule is CCn1c(=NC(=O)c2cc(OC)ccc2OC)sc2cc3c(cc21)OCO3. The maximum atomic E-state index is 12.8. The standard InChI is InChI=1S/C19H18N2O5S/c1-4-21-13-8-15-16(26-10-25-15)9-17(13)27-19(21)20-18(22)12-7-11(23-2)5-6-14(12)24-3/h5-9H,4,10H2,1-3H3. The van der Waals surface area contributed by atoms with E-state index in [1.165, 1.54) is 18.4 Å². The minimum absolute atomic E-state index is 0.226. The van der Waals surface area contributed by atoms with E-state index in [9.17, 15) is 4.79 Å². The number of rotatable bonds is 4. The highest BCUT2D eigenvalue weighted by Crippen LogP contribution is 2.37. The van der Waals surface area contributed by atoms with Crippen LogP contribution in [0.15, 0.2) is 35.3 Å². The molecule has 0 radical (unpaired) electrons. The van der Waals surface area contributed by atoms with Crippen molar-refractivity contribution in [2.45, 2.75) is 13.5 Å². The van der Waals surface area contributed by atoms with Crippen LogP contribution in [0.25, 0.3) is 10.2 Å². The molecule has 0 saturated heterocycles. The molecule has 0 bridgehead atoms. The van der Waals surface area contributed by atoms with E-state index < -0.39 is 0 Å². The van der Waals surface area contributed by atoms with Gasteiger partial charge in [0.05, 0.1) is 30.0 Å². The van der Waals surface area contributed by atoms with Crippen LogP contribution in [0.2, 0.25) is 0 Å². The summed E-state index contributed by atoms with van der Waals surface area (Å²) in [4.78, 5) is 17.8. The minimum Gasteiger partial charge on any atom is -0.497 e. The van der Waals surface area contributed by atoms with Crippen LogP contribution in [0.3, 0.4) is 0 Å². The van der Waals surface area contributed by atoms with E-state index in [1.54, 1.807) is 25.3 Å². The number of amides is 1. The number of carbonyl (C=O) groups is 1. The molecule has 1 amide bonds. The van der Waals surface area contributed by atoms with E-state index in [2.05, 4.69) is 4.99 Å². The van der Waals surface area contributed by atoms with E-state index in [4.69, 9.17) is 18.9 Å². The van der Waals surface area contributed by atoms with Gasteiger partial charge in [0.2, 0.25) is 6.79 Å². The summed E-state index contributed by atoms with van der Waals surface area (Å²) in [6.45, 7) is 2.90. The molecule has 2 aromatic carbocycles. The molecule has 0 saturated carbocycles. The molecule has 8 heteroatoms. The van der Waals surface area contributed by atoms with Crippen molar-refractivity contribution in [2.24, 2.45) is 4.99 Å². The first-order valence-electron chi connectivity index (χ1n) is 8.38. The predicted molar refractivity (Wildman–Crippen MR) is 101 cm³/mol. The Morgan fingerprint density at radius 3 is 2.67 bits per heavy atom. The second kappa shape index (κ2) is 6.96. The Kier molecular flexibility index (Phi) is 4.49. The van der Waals surface area contributed by atoms with Gasteiger partial charge in [-0.25, -0.2) is 0 Å². The van der Waals surface area contributed by atoms with E-state index in [1.807, 2.05) is 23.6 Å². The fourth-order valence-electron chi connectivity index (χ4n) is 2.98. The maximum Gasteiger partial charge on any atom is 0.283 e. The molecule has 0 unspecified atom stereocenters. The Hall–Kier alpha value is -3.00. The van der Waals surface area contributed by atoms with Gasteiger partial charge in [0, 0.05) is 18.7 Å². The lowest BCUT2D eigenvalue weighted by molar-refractivity contribution is 0.0994. The highest BCUT2D eigenvalue weighted by atomic mass is 32.1. The summed E-state index contributed by atoms with van der Waals surface area (Å²) in [5.74, 6) is 2.04. The third-order valence-electron chi connectivity index (χ3n) is 4.33. The van der Waals surface area contributed by atoms with Crippen LogP contribution in [0.1, 0.15) is 17.3 Å². The highest BCUT2D eigenvalue weighted by molar-refractivity contribution is 7.16. The van der Waals surface area contributed by atoms with Crippen LogP contribution in [0.5, 0.6) is 23.0 Å². The van der Waals surface area contributed by atoms with Crippen LogP contribution in [-0.2, 0) is 6.54 Å². The quantitative estimate of drug-likeness (QED) is 0.689. The summed E-state index contributed by atoms with van der Waals surface area (Å²) in [5, 5.41) is 0. The molecule has 0 fully saturated rings. The van der Waals surface area contributed by atoms with Crippen LogP contribution < -0.4 is 23.7 Å². The molecule has 1 aliphatic heterocycles. The summed E-state index contributed by atoms with van der Waals surface area (Å²) in [6, 6.07) is 8.91. The third-order valence-corrected chi connectivity index (χ3v) is 5.37. The molecule has 4 rings (SSSR count). The van der Waals surface area contributed by atoms with E-state index in [0.717, 1.165) is 10.2 Å². The summed E-state index contributed by atoms with van der Waals surface area (Å²) >= 11 is 1.43. The van der Waals surface area contributed by atoms with Crippen molar-refractivity contribution in [2.75, 3.05) is 21.0 Å². The average molecular weight is 386 g/mol. The molecule has 140 valence electrons. The minimum atomic E-state index is -0.389. The number of hydrogen-bond acceptors (Lipinski definition) is 6. The number of thiazole rings is 1. The zero-order valence-corrected chi connectivity index (χ0v) is 16.0. The van der Waals surface area contributed by atoms with Gasteiger partial charge in [0.15, 0.2) is 16.3 Å². The Morgan fingerprint density at radius 2 is 1.96 bits per heavy atom. The molecule has 27 heavy (non-hydrogen) atoms. The summed E-state index contributed by atoms with van der Waals surface area (Å²) < 4.78 is 24.4. The number of fused-ring (bicyclic) bond motifs is 2. The van der Waals surface area contributed by atoms with Crippen LogP contribution in [-0.4, -0.2) is 31.5 Å². The summed E-state index contributed by atoms with van der Waals surface area (Å²) in [5.41, 5.74) is 1.31. The van der Waals surface area contributed by atoms with E-state index in [-0.39, 0.29) is 12.7 Å². The van der Waals surface area contributed by atoms with Gasteiger partial charge < -0.3 is 23.5 Å². The lowest BCUT2D eigenvalue weighted by Crippen LogP contribution is -2.16.